The van der Waals surface area contributed by atoms with Gasteiger partial charge in [-0.1, -0.05) is 0 Å². The number of fused-ring (bicyclic) bond motifs is 2. The van der Waals surface area contributed by atoms with E-state index in [9.17, 15) is 18.0 Å². The van der Waals surface area contributed by atoms with E-state index in [4.69, 9.17) is 0 Å². The minimum atomic E-state index is -4.57. The van der Waals surface area contributed by atoms with Gasteiger partial charge in [-0.15, -0.1) is 0 Å². The summed E-state index contributed by atoms with van der Waals surface area (Å²) >= 11 is 0. The Morgan fingerprint density at radius 1 is 1.09 bits per heavy atom. The molecule has 0 spiro atoms. The highest BCUT2D eigenvalue weighted by molar-refractivity contribution is 5.99. The average Bonchev–Trinajstić information content (AvgIpc) is 3.33. The van der Waals surface area contributed by atoms with Crippen molar-refractivity contribution in [1.29, 1.82) is 0 Å². The fourth-order valence-corrected chi connectivity index (χ4v) is 4.76. The van der Waals surface area contributed by atoms with Crippen LogP contribution in [0.15, 0.2) is 30.3 Å². The van der Waals surface area contributed by atoms with E-state index in [1.807, 2.05) is 0 Å². The zero-order valence-electron chi connectivity index (χ0n) is 19.5. The van der Waals surface area contributed by atoms with E-state index in [0.717, 1.165) is 17.3 Å². The second-order valence-corrected chi connectivity index (χ2v) is 8.74. The van der Waals surface area contributed by atoms with E-state index in [1.165, 1.54) is 27.4 Å². The first kappa shape index (κ1) is 23.0. The van der Waals surface area contributed by atoms with Crippen LogP contribution in [0.1, 0.15) is 46.0 Å². The molecule has 1 amide bonds. The fourth-order valence-electron chi connectivity index (χ4n) is 4.76. The van der Waals surface area contributed by atoms with Crippen LogP contribution in [0, 0.1) is 12.7 Å². The lowest BCUT2D eigenvalue weighted by Gasteiger charge is -2.33. The highest BCUT2D eigenvalue weighted by Crippen LogP contribution is 2.38. The minimum absolute atomic E-state index is 0.0592. The van der Waals surface area contributed by atoms with Gasteiger partial charge in [0, 0.05) is 37.3 Å². The topological polar surface area (TPSA) is 68.8 Å². The number of amides is 1. The highest BCUT2D eigenvalue weighted by Gasteiger charge is 2.38. The van der Waals surface area contributed by atoms with Gasteiger partial charge in [-0.2, -0.15) is 23.4 Å². The number of carbonyl (C=O) groups excluding carboxylic acids is 1. The molecule has 11 heteroatoms. The zero-order valence-corrected chi connectivity index (χ0v) is 19.5. The van der Waals surface area contributed by atoms with Crippen LogP contribution in [0.2, 0.25) is 0 Å². The van der Waals surface area contributed by atoms with E-state index < -0.39 is 29.6 Å². The van der Waals surface area contributed by atoms with Gasteiger partial charge in [0.1, 0.15) is 5.82 Å². The molecule has 0 saturated heterocycles. The summed E-state index contributed by atoms with van der Waals surface area (Å²) in [6.45, 7) is 3.85. The van der Waals surface area contributed by atoms with Gasteiger partial charge in [0.15, 0.2) is 5.69 Å². The summed E-state index contributed by atoms with van der Waals surface area (Å²) in [5, 5.41) is 8.40. The molecule has 182 valence electrons. The van der Waals surface area contributed by atoms with Gasteiger partial charge in [0.05, 0.1) is 34.2 Å². The Morgan fingerprint density at radius 2 is 1.83 bits per heavy atom. The summed E-state index contributed by atoms with van der Waals surface area (Å²) in [7, 11) is 3.09. The number of alkyl halides is 3. The predicted octanol–water partition coefficient (Wildman–Crippen LogP) is 4.59. The molecule has 0 unspecified atom stereocenters. The molecule has 0 fully saturated rings. The zero-order chi connectivity index (χ0) is 25.2. The maximum atomic E-state index is 15.3. The maximum absolute atomic E-state index is 15.3. The smallest absolute Gasteiger partial charge is 0.330 e. The Kier molecular flexibility index (Phi) is 5.19. The predicted molar refractivity (Wildman–Crippen MR) is 120 cm³/mol. The van der Waals surface area contributed by atoms with E-state index in [0.29, 0.717) is 23.3 Å². The van der Waals surface area contributed by atoms with Crippen LogP contribution in [0.25, 0.3) is 22.3 Å². The van der Waals surface area contributed by atoms with Crippen molar-refractivity contribution in [3.05, 3.63) is 64.4 Å². The fraction of sp³-hybridized carbons (Fsp3) is 0.333. The third-order valence-corrected chi connectivity index (χ3v) is 6.49. The average molecular weight is 486 g/mol. The van der Waals surface area contributed by atoms with Crippen molar-refractivity contribution < 1.29 is 22.4 Å². The number of benzene rings is 1. The van der Waals surface area contributed by atoms with E-state index in [1.54, 1.807) is 39.1 Å². The van der Waals surface area contributed by atoms with Crippen molar-refractivity contribution >= 4 is 16.8 Å². The first-order chi connectivity index (χ1) is 16.5. The van der Waals surface area contributed by atoms with E-state index in [2.05, 4.69) is 15.2 Å². The lowest BCUT2D eigenvalue weighted by Crippen LogP contribution is -2.39. The van der Waals surface area contributed by atoms with Crippen LogP contribution < -0.4 is 0 Å². The Balaban J connectivity index is 1.51. The normalized spacial score (nSPS) is 16.1. The van der Waals surface area contributed by atoms with Crippen molar-refractivity contribution in [2.45, 2.75) is 32.5 Å². The molecule has 0 saturated carbocycles. The summed E-state index contributed by atoms with van der Waals surface area (Å²) in [5.41, 5.74) is 2.28. The first-order valence-electron chi connectivity index (χ1n) is 11.0. The van der Waals surface area contributed by atoms with Gasteiger partial charge < -0.3 is 4.90 Å². The molecule has 4 heterocycles. The Labute approximate surface area is 198 Å². The van der Waals surface area contributed by atoms with Crippen LogP contribution in [0.3, 0.4) is 0 Å². The standard InChI is InChI=1S/C24H22F4N6O/c1-12-5-6-14-17(29-12)8-7-15(20(14)25)23(35)34-10-9-16-21(13(34)2)31-33(4)22(16)18-11-19(24(26,27)28)30-32(18)3/h5-8,11,13H,9-10H2,1-4H3/t13-/m0/s1. The molecular formula is C24H22F4N6O. The molecule has 4 aromatic rings. The third-order valence-electron chi connectivity index (χ3n) is 6.49. The minimum Gasteiger partial charge on any atom is -0.330 e. The summed E-state index contributed by atoms with van der Waals surface area (Å²) in [6, 6.07) is 6.85. The summed E-state index contributed by atoms with van der Waals surface area (Å²) < 4.78 is 57.5. The van der Waals surface area contributed by atoms with Gasteiger partial charge in [0.2, 0.25) is 0 Å². The summed E-state index contributed by atoms with van der Waals surface area (Å²) in [5.74, 6) is -1.11. The van der Waals surface area contributed by atoms with Crippen molar-refractivity contribution in [2.75, 3.05) is 6.54 Å². The van der Waals surface area contributed by atoms with E-state index >= 15 is 4.39 Å². The van der Waals surface area contributed by atoms with Crippen LogP contribution in [0.5, 0.6) is 0 Å². The van der Waals surface area contributed by atoms with Crippen molar-refractivity contribution in [3.8, 4) is 11.4 Å². The Morgan fingerprint density at radius 3 is 2.51 bits per heavy atom. The largest absolute Gasteiger partial charge is 0.435 e. The van der Waals surface area contributed by atoms with Crippen LogP contribution >= 0.6 is 0 Å². The van der Waals surface area contributed by atoms with Gasteiger partial charge >= 0.3 is 6.18 Å². The van der Waals surface area contributed by atoms with Gasteiger partial charge in [-0.25, -0.2) is 4.39 Å². The number of hydrogen-bond donors (Lipinski definition) is 0. The quantitative estimate of drug-likeness (QED) is 0.389. The number of aryl methyl sites for hydroxylation is 3. The molecule has 0 bridgehead atoms. The molecule has 0 radical (unpaired) electrons. The van der Waals surface area contributed by atoms with Crippen molar-refractivity contribution in [3.63, 3.8) is 0 Å². The molecule has 1 aromatic carbocycles. The molecule has 1 aliphatic rings. The van der Waals surface area contributed by atoms with Crippen LogP contribution in [-0.4, -0.2) is 41.9 Å². The highest BCUT2D eigenvalue weighted by atomic mass is 19.4. The first-order valence-corrected chi connectivity index (χ1v) is 11.0. The number of nitrogens with zero attached hydrogens (tertiary/aromatic N) is 6. The number of rotatable bonds is 2. The van der Waals surface area contributed by atoms with E-state index in [-0.39, 0.29) is 23.2 Å². The second kappa shape index (κ2) is 7.89. The molecule has 35 heavy (non-hydrogen) atoms. The number of carbonyl (C=O) groups is 1. The lowest BCUT2D eigenvalue weighted by atomic mass is 9.96. The van der Waals surface area contributed by atoms with Gasteiger partial charge in [-0.05, 0) is 50.6 Å². The molecule has 1 aliphatic heterocycles. The molecule has 5 rings (SSSR count). The van der Waals surface area contributed by atoms with Crippen molar-refractivity contribution in [2.24, 2.45) is 14.1 Å². The molecule has 0 aliphatic carbocycles. The number of hydrogen-bond acceptors (Lipinski definition) is 4. The molecule has 3 aromatic heterocycles. The SMILES string of the molecule is Cc1ccc2c(F)c(C(=O)N3CCc4c(nn(C)c4-c4cc(C(F)(F)F)nn4C)[C@@H]3C)ccc2n1. The summed E-state index contributed by atoms with van der Waals surface area (Å²) in [6.07, 6.45) is -4.21. The Bertz CT molecular complexity index is 1490. The number of aromatic nitrogens is 5. The van der Waals surface area contributed by atoms with Crippen LogP contribution in [-0.2, 0) is 26.7 Å². The van der Waals surface area contributed by atoms with Gasteiger partial charge in [0.25, 0.3) is 5.91 Å². The Hall–Kier alpha value is -3.76. The molecular weight excluding hydrogens is 464 g/mol. The maximum Gasteiger partial charge on any atom is 0.435 e. The molecule has 1 atom stereocenters. The number of halogens is 4. The van der Waals surface area contributed by atoms with Crippen molar-refractivity contribution in [1.82, 2.24) is 29.4 Å². The second-order valence-electron chi connectivity index (χ2n) is 8.74. The lowest BCUT2D eigenvalue weighted by molar-refractivity contribution is -0.141. The molecule has 0 N–H and O–H groups in total. The monoisotopic (exact) mass is 486 g/mol. The third kappa shape index (κ3) is 3.65. The van der Waals surface area contributed by atoms with Gasteiger partial charge in [-0.3, -0.25) is 19.1 Å². The number of pyridine rings is 1. The van der Waals surface area contributed by atoms with Crippen LogP contribution in [0.4, 0.5) is 17.6 Å². The summed E-state index contributed by atoms with van der Waals surface area (Å²) in [4.78, 5) is 19.2. The molecule has 7 nitrogen and oxygen atoms in total.